The molecule has 1 aromatic heterocycles. The maximum atomic E-state index is 11.3. The molecule has 0 aliphatic heterocycles. The maximum Gasteiger partial charge on any atom is 0.306 e. The number of pyridine rings is 1. The van der Waals surface area contributed by atoms with Crippen molar-refractivity contribution < 1.29 is 14.3 Å². The van der Waals surface area contributed by atoms with Crippen LogP contribution in [0, 0.1) is 5.41 Å². The Morgan fingerprint density at radius 2 is 2.21 bits per heavy atom. The number of carbonyl (C=O) groups is 2. The van der Waals surface area contributed by atoms with Crippen LogP contribution in [-0.2, 0) is 9.53 Å². The van der Waals surface area contributed by atoms with Crippen molar-refractivity contribution in [2.24, 2.45) is 11.1 Å². The van der Waals surface area contributed by atoms with Gasteiger partial charge >= 0.3 is 5.97 Å². The first kappa shape index (κ1) is 13.9. The quantitative estimate of drug-likeness (QED) is 0.632. The van der Waals surface area contributed by atoms with Gasteiger partial charge in [0.05, 0.1) is 24.1 Å². The number of nitrogens with two attached hydrogens (primary N) is 1. The van der Waals surface area contributed by atoms with Crippen molar-refractivity contribution in [1.29, 1.82) is 0 Å². The van der Waals surface area contributed by atoms with E-state index in [2.05, 4.69) is 4.98 Å². The first-order chi connectivity index (χ1) is 9.04. The lowest BCUT2D eigenvalue weighted by molar-refractivity contribution is -0.141. The number of carbonyl (C=O) groups excluding carboxylic acids is 2. The maximum absolute atomic E-state index is 11.3. The number of rotatable bonds is 6. The number of esters is 1. The summed E-state index contributed by atoms with van der Waals surface area (Å²) < 4.78 is 4.70. The summed E-state index contributed by atoms with van der Waals surface area (Å²) in [5.74, 6) is 0.203. The van der Waals surface area contributed by atoms with Crippen LogP contribution in [0.25, 0.3) is 0 Å². The fourth-order valence-electron chi connectivity index (χ4n) is 1.77. The van der Waals surface area contributed by atoms with Gasteiger partial charge in [0.25, 0.3) is 0 Å². The Balaban J connectivity index is 1.88. The molecule has 0 atom stereocenters. The van der Waals surface area contributed by atoms with E-state index in [0.717, 1.165) is 23.6 Å². The summed E-state index contributed by atoms with van der Waals surface area (Å²) in [4.78, 5) is 26.4. The molecule has 1 saturated carbocycles. The number of amides is 1. The van der Waals surface area contributed by atoms with Gasteiger partial charge < -0.3 is 10.5 Å². The molecule has 0 unspecified atom stereocenters. The van der Waals surface area contributed by atoms with Crippen molar-refractivity contribution in [3.05, 3.63) is 23.9 Å². The Hall–Kier alpha value is -1.56. The van der Waals surface area contributed by atoms with Gasteiger partial charge in [0.1, 0.15) is 0 Å². The standard InChI is InChI=1S/C13H16N2O3S/c1-18-11(16)6-13(4-5-13)8-19-10-3-2-9(7-15-10)12(14)17/h2-3,7H,4-6,8H2,1H3,(H2,14,17). The summed E-state index contributed by atoms with van der Waals surface area (Å²) in [5.41, 5.74) is 5.62. The van der Waals surface area contributed by atoms with E-state index < -0.39 is 5.91 Å². The fraction of sp³-hybridized carbons (Fsp3) is 0.462. The molecule has 102 valence electrons. The van der Waals surface area contributed by atoms with Gasteiger partial charge in [-0.3, -0.25) is 9.59 Å². The Bertz CT molecular complexity index is 483. The number of nitrogens with zero attached hydrogens (tertiary/aromatic N) is 1. The zero-order valence-corrected chi connectivity index (χ0v) is 11.5. The normalized spacial score (nSPS) is 15.8. The molecule has 1 aliphatic rings. The van der Waals surface area contributed by atoms with Crippen LogP contribution in [-0.4, -0.2) is 29.7 Å². The number of primary amides is 1. The van der Waals surface area contributed by atoms with E-state index in [1.54, 1.807) is 23.9 Å². The predicted molar refractivity (Wildman–Crippen MR) is 71.8 cm³/mol. The minimum atomic E-state index is -0.478. The Labute approximate surface area is 115 Å². The largest absolute Gasteiger partial charge is 0.469 e. The molecule has 1 heterocycles. The van der Waals surface area contributed by atoms with Gasteiger partial charge in [0.15, 0.2) is 0 Å². The Morgan fingerprint density at radius 1 is 1.47 bits per heavy atom. The molecule has 5 nitrogen and oxygen atoms in total. The minimum absolute atomic E-state index is 0.0712. The molecule has 0 saturated heterocycles. The van der Waals surface area contributed by atoms with Crippen molar-refractivity contribution in [1.82, 2.24) is 4.98 Å². The van der Waals surface area contributed by atoms with Gasteiger partial charge in [-0.15, -0.1) is 11.8 Å². The number of thioether (sulfide) groups is 1. The SMILES string of the molecule is COC(=O)CC1(CSc2ccc(C(N)=O)cn2)CC1. The van der Waals surface area contributed by atoms with Gasteiger partial charge in [-0.1, -0.05) is 0 Å². The molecule has 0 radical (unpaired) electrons. The molecule has 2 N–H and O–H groups in total. The van der Waals surface area contributed by atoms with Crippen LogP contribution in [0.3, 0.4) is 0 Å². The second kappa shape index (κ2) is 5.61. The number of aromatic nitrogens is 1. The summed E-state index contributed by atoms with van der Waals surface area (Å²) in [5, 5.41) is 0.834. The summed E-state index contributed by atoms with van der Waals surface area (Å²) >= 11 is 1.59. The predicted octanol–water partition coefficient (Wildman–Crippen LogP) is 1.62. The highest BCUT2D eigenvalue weighted by atomic mass is 32.2. The number of ether oxygens (including phenoxy) is 1. The topological polar surface area (TPSA) is 82.3 Å². The summed E-state index contributed by atoms with van der Waals surface area (Å²) in [6.07, 6.45) is 4.04. The van der Waals surface area contributed by atoms with Crippen LogP contribution in [0.15, 0.2) is 23.4 Å². The second-order valence-electron chi connectivity index (χ2n) is 4.79. The molecule has 1 fully saturated rings. The molecule has 6 heteroatoms. The molecule has 1 aromatic rings. The summed E-state index contributed by atoms with van der Waals surface area (Å²) in [6.45, 7) is 0. The summed E-state index contributed by atoms with van der Waals surface area (Å²) in [6, 6.07) is 3.44. The van der Waals surface area contributed by atoms with Crippen LogP contribution in [0.1, 0.15) is 29.6 Å². The van der Waals surface area contributed by atoms with Crippen LogP contribution >= 0.6 is 11.8 Å². The summed E-state index contributed by atoms with van der Waals surface area (Å²) in [7, 11) is 1.41. The molecule has 1 aliphatic carbocycles. The second-order valence-corrected chi connectivity index (χ2v) is 5.79. The molecule has 0 spiro atoms. The highest BCUT2D eigenvalue weighted by Crippen LogP contribution is 2.51. The molecule has 0 bridgehead atoms. The van der Waals surface area contributed by atoms with Gasteiger partial charge in [-0.25, -0.2) is 4.98 Å². The lowest BCUT2D eigenvalue weighted by Gasteiger charge is -2.12. The number of hydrogen-bond acceptors (Lipinski definition) is 5. The third-order valence-electron chi connectivity index (χ3n) is 3.25. The fourth-order valence-corrected chi connectivity index (χ4v) is 2.90. The molecule has 19 heavy (non-hydrogen) atoms. The van der Waals surface area contributed by atoms with Crippen molar-refractivity contribution in [3.8, 4) is 0 Å². The smallest absolute Gasteiger partial charge is 0.306 e. The van der Waals surface area contributed by atoms with Gasteiger partial charge in [0.2, 0.25) is 5.91 Å². The lowest BCUT2D eigenvalue weighted by Crippen LogP contribution is -2.13. The van der Waals surface area contributed by atoms with Crippen molar-refractivity contribution >= 4 is 23.6 Å². The van der Waals surface area contributed by atoms with Crippen LogP contribution in [0.4, 0.5) is 0 Å². The monoisotopic (exact) mass is 280 g/mol. The van der Waals surface area contributed by atoms with Gasteiger partial charge in [-0.05, 0) is 30.4 Å². The van der Waals surface area contributed by atoms with E-state index in [0.29, 0.717) is 12.0 Å². The lowest BCUT2D eigenvalue weighted by atomic mass is 10.1. The van der Waals surface area contributed by atoms with E-state index in [1.807, 2.05) is 0 Å². The van der Waals surface area contributed by atoms with E-state index in [4.69, 9.17) is 10.5 Å². The van der Waals surface area contributed by atoms with Crippen LogP contribution in [0.5, 0.6) is 0 Å². The van der Waals surface area contributed by atoms with Crippen molar-refractivity contribution in [2.45, 2.75) is 24.3 Å². The molecule has 0 aromatic carbocycles. The van der Waals surface area contributed by atoms with E-state index in [-0.39, 0.29) is 11.4 Å². The first-order valence-electron chi connectivity index (χ1n) is 6.00. The van der Waals surface area contributed by atoms with E-state index in [9.17, 15) is 9.59 Å². The number of methoxy groups -OCH3 is 1. The van der Waals surface area contributed by atoms with Crippen molar-refractivity contribution in [2.75, 3.05) is 12.9 Å². The molecular weight excluding hydrogens is 264 g/mol. The third-order valence-corrected chi connectivity index (χ3v) is 4.55. The van der Waals surface area contributed by atoms with E-state index >= 15 is 0 Å². The highest BCUT2D eigenvalue weighted by molar-refractivity contribution is 7.99. The van der Waals surface area contributed by atoms with Crippen molar-refractivity contribution in [3.63, 3.8) is 0 Å². The highest BCUT2D eigenvalue weighted by Gasteiger charge is 2.44. The zero-order chi connectivity index (χ0) is 13.9. The number of hydrogen-bond donors (Lipinski definition) is 1. The minimum Gasteiger partial charge on any atom is -0.469 e. The van der Waals surface area contributed by atoms with Gasteiger partial charge in [0, 0.05) is 11.9 Å². The Morgan fingerprint density at radius 3 is 2.68 bits per heavy atom. The average Bonchev–Trinajstić information content (AvgIpc) is 3.17. The van der Waals surface area contributed by atoms with Crippen LogP contribution < -0.4 is 5.73 Å². The molecular formula is C13H16N2O3S. The third kappa shape index (κ3) is 3.70. The first-order valence-corrected chi connectivity index (χ1v) is 6.99. The average molecular weight is 280 g/mol. The van der Waals surface area contributed by atoms with Crippen LogP contribution in [0.2, 0.25) is 0 Å². The van der Waals surface area contributed by atoms with E-state index in [1.165, 1.54) is 13.3 Å². The Kier molecular flexibility index (Phi) is 4.09. The molecule has 2 rings (SSSR count). The molecule has 1 amide bonds. The zero-order valence-electron chi connectivity index (χ0n) is 10.7. The van der Waals surface area contributed by atoms with Gasteiger partial charge in [-0.2, -0.15) is 0 Å².